The second kappa shape index (κ2) is 4.53. The van der Waals surface area contributed by atoms with Crippen molar-refractivity contribution in [3.8, 4) is 0 Å². The zero-order valence-electron chi connectivity index (χ0n) is 10.5. The van der Waals surface area contributed by atoms with E-state index in [2.05, 4.69) is 0 Å². The molecule has 0 spiro atoms. The Hall–Kier alpha value is -1.29. The molecule has 1 atom stereocenters. The van der Waals surface area contributed by atoms with Gasteiger partial charge in [0.05, 0.1) is 19.8 Å². The van der Waals surface area contributed by atoms with Crippen molar-refractivity contribution in [2.24, 2.45) is 5.92 Å². The van der Waals surface area contributed by atoms with E-state index in [1.165, 1.54) is 0 Å². The molecule has 17 heavy (non-hydrogen) atoms. The summed E-state index contributed by atoms with van der Waals surface area (Å²) in [5.41, 5.74) is 0.0877. The molecule has 1 unspecified atom stereocenters. The normalized spacial score (nSPS) is 28.8. The summed E-state index contributed by atoms with van der Waals surface area (Å²) in [4.78, 5) is 11.0. The fraction of sp³-hybridized carbons (Fsp3) is 0.615. The van der Waals surface area contributed by atoms with Crippen LogP contribution < -0.4 is 0 Å². The van der Waals surface area contributed by atoms with Crippen molar-refractivity contribution < 1.29 is 19.0 Å². The van der Waals surface area contributed by atoms with E-state index in [-0.39, 0.29) is 0 Å². The van der Waals surface area contributed by atoms with Crippen LogP contribution in [-0.4, -0.2) is 33.2 Å². The lowest BCUT2D eigenvalue weighted by molar-refractivity contribution is -0.105. The van der Waals surface area contributed by atoms with Gasteiger partial charge in [-0.1, -0.05) is 0 Å². The van der Waals surface area contributed by atoms with Gasteiger partial charge in [0.25, 0.3) is 0 Å². The number of methoxy groups -OCH3 is 3. The van der Waals surface area contributed by atoms with Gasteiger partial charge in [0.1, 0.15) is 17.1 Å². The molecule has 0 saturated heterocycles. The lowest BCUT2D eigenvalue weighted by Crippen LogP contribution is -2.40. The monoisotopic (exact) mass is 238 g/mol. The number of allylic oxidation sites excluding steroid dienone is 2. The van der Waals surface area contributed by atoms with Gasteiger partial charge in [-0.15, -0.1) is 0 Å². The van der Waals surface area contributed by atoms with Crippen molar-refractivity contribution in [2.75, 3.05) is 21.3 Å². The molecular formula is C13H18O4. The largest absolute Gasteiger partial charge is 0.500 e. The number of aldehydes is 1. The van der Waals surface area contributed by atoms with E-state index in [0.29, 0.717) is 23.7 Å². The zero-order valence-corrected chi connectivity index (χ0v) is 10.5. The Morgan fingerprint density at radius 3 is 2.41 bits per heavy atom. The number of hydrogen-bond donors (Lipinski definition) is 0. The third-order valence-corrected chi connectivity index (χ3v) is 3.64. The minimum atomic E-state index is -0.452. The van der Waals surface area contributed by atoms with Crippen LogP contribution in [0.4, 0.5) is 0 Å². The number of rotatable bonds is 5. The van der Waals surface area contributed by atoms with E-state index in [4.69, 9.17) is 14.2 Å². The van der Waals surface area contributed by atoms with E-state index < -0.39 is 5.60 Å². The Labute approximate surface area is 101 Å². The maximum Gasteiger partial charge on any atom is 0.153 e. The highest BCUT2D eigenvalue weighted by Gasteiger charge is 2.52. The van der Waals surface area contributed by atoms with Crippen molar-refractivity contribution in [1.29, 1.82) is 0 Å². The van der Waals surface area contributed by atoms with Crippen LogP contribution in [0.3, 0.4) is 0 Å². The van der Waals surface area contributed by atoms with Gasteiger partial charge in [-0.2, -0.15) is 0 Å². The van der Waals surface area contributed by atoms with Crippen LogP contribution in [0.25, 0.3) is 0 Å². The van der Waals surface area contributed by atoms with Gasteiger partial charge >= 0.3 is 0 Å². The molecule has 2 aliphatic rings. The second-order valence-electron chi connectivity index (χ2n) is 4.46. The van der Waals surface area contributed by atoms with Gasteiger partial charge in [0, 0.05) is 13.5 Å². The summed E-state index contributed by atoms with van der Waals surface area (Å²) in [6, 6.07) is 0. The first kappa shape index (κ1) is 12.2. The molecule has 4 nitrogen and oxygen atoms in total. The maximum atomic E-state index is 11.0. The predicted octanol–water partition coefficient (Wildman–Crippen LogP) is 1.81. The Morgan fingerprint density at radius 2 is 2.00 bits per heavy atom. The first-order valence-corrected chi connectivity index (χ1v) is 5.75. The Balaban J connectivity index is 2.41. The fourth-order valence-corrected chi connectivity index (χ4v) is 2.53. The molecule has 0 aromatic heterocycles. The molecule has 0 aromatic carbocycles. The summed E-state index contributed by atoms with van der Waals surface area (Å²) in [5.74, 6) is 1.86. The molecule has 2 aliphatic carbocycles. The smallest absolute Gasteiger partial charge is 0.153 e. The van der Waals surface area contributed by atoms with Crippen LogP contribution in [-0.2, 0) is 19.0 Å². The van der Waals surface area contributed by atoms with Crippen LogP contribution in [0.1, 0.15) is 19.3 Å². The summed E-state index contributed by atoms with van der Waals surface area (Å²) in [6.45, 7) is 0. The summed E-state index contributed by atoms with van der Waals surface area (Å²) in [6.07, 6.45) is 5.35. The third-order valence-electron chi connectivity index (χ3n) is 3.64. The van der Waals surface area contributed by atoms with Gasteiger partial charge in [0.2, 0.25) is 0 Å². The number of ether oxygens (including phenoxy) is 3. The first-order valence-electron chi connectivity index (χ1n) is 5.75. The molecule has 0 aliphatic heterocycles. The molecule has 4 heteroatoms. The average molecular weight is 238 g/mol. The minimum absolute atomic E-state index is 0.452. The SMILES string of the molecule is COC1=CC(C=O)=C(OC)CC1(OC)C1CC1. The quantitative estimate of drug-likeness (QED) is 0.685. The molecule has 94 valence electrons. The van der Waals surface area contributed by atoms with Crippen LogP contribution in [0.2, 0.25) is 0 Å². The Bertz CT molecular complexity index is 379. The topological polar surface area (TPSA) is 44.8 Å². The van der Waals surface area contributed by atoms with E-state index in [9.17, 15) is 4.79 Å². The highest BCUT2D eigenvalue weighted by atomic mass is 16.5. The molecule has 1 saturated carbocycles. The first-order chi connectivity index (χ1) is 8.21. The van der Waals surface area contributed by atoms with Crippen LogP contribution >= 0.6 is 0 Å². The molecule has 0 N–H and O–H groups in total. The third kappa shape index (κ3) is 1.86. The Morgan fingerprint density at radius 1 is 1.29 bits per heavy atom. The van der Waals surface area contributed by atoms with E-state index >= 15 is 0 Å². The minimum Gasteiger partial charge on any atom is -0.500 e. The van der Waals surface area contributed by atoms with Crippen LogP contribution in [0.5, 0.6) is 0 Å². The molecule has 1 fully saturated rings. The Kier molecular flexibility index (Phi) is 3.24. The average Bonchev–Trinajstić information content (AvgIpc) is 3.21. The second-order valence-corrected chi connectivity index (χ2v) is 4.46. The predicted molar refractivity (Wildman–Crippen MR) is 62.3 cm³/mol. The van der Waals surface area contributed by atoms with Crippen molar-refractivity contribution >= 4 is 6.29 Å². The van der Waals surface area contributed by atoms with Crippen molar-refractivity contribution in [1.82, 2.24) is 0 Å². The summed E-state index contributed by atoms with van der Waals surface area (Å²) in [7, 11) is 4.88. The van der Waals surface area contributed by atoms with Gasteiger partial charge in [-0.3, -0.25) is 4.79 Å². The van der Waals surface area contributed by atoms with Gasteiger partial charge in [0.15, 0.2) is 6.29 Å². The lowest BCUT2D eigenvalue weighted by atomic mass is 9.84. The maximum absolute atomic E-state index is 11.0. The van der Waals surface area contributed by atoms with Crippen LogP contribution in [0.15, 0.2) is 23.2 Å². The molecular weight excluding hydrogens is 220 g/mol. The van der Waals surface area contributed by atoms with Crippen LogP contribution in [0, 0.1) is 5.92 Å². The molecule has 0 bridgehead atoms. The molecule has 2 rings (SSSR count). The molecule has 0 radical (unpaired) electrons. The lowest BCUT2D eigenvalue weighted by Gasteiger charge is -2.37. The number of carbonyl (C=O) groups excluding carboxylic acids is 1. The highest BCUT2D eigenvalue weighted by Crippen LogP contribution is 2.51. The van der Waals surface area contributed by atoms with Crippen molar-refractivity contribution in [2.45, 2.75) is 24.9 Å². The van der Waals surface area contributed by atoms with Crippen molar-refractivity contribution in [3.63, 3.8) is 0 Å². The van der Waals surface area contributed by atoms with E-state index in [1.807, 2.05) is 0 Å². The van der Waals surface area contributed by atoms with E-state index in [1.54, 1.807) is 27.4 Å². The highest BCUT2D eigenvalue weighted by molar-refractivity contribution is 5.79. The molecule has 0 amide bonds. The number of carbonyl (C=O) groups is 1. The van der Waals surface area contributed by atoms with Gasteiger partial charge in [-0.25, -0.2) is 0 Å². The molecule has 0 heterocycles. The summed E-state index contributed by atoms with van der Waals surface area (Å²) < 4.78 is 16.4. The number of hydrogen-bond acceptors (Lipinski definition) is 4. The zero-order chi connectivity index (χ0) is 12.5. The van der Waals surface area contributed by atoms with Crippen molar-refractivity contribution in [3.05, 3.63) is 23.2 Å². The fourth-order valence-electron chi connectivity index (χ4n) is 2.53. The standard InChI is InChI=1S/C13H18O4/c1-15-11-7-13(17-3,10-4-5-10)12(16-2)6-9(11)8-14/h6,8,10H,4-5,7H2,1-3H3. The van der Waals surface area contributed by atoms with E-state index in [0.717, 1.165) is 24.9 Å². The molecule has 0 aromatic rings. The van der Waals surface area contributed by atoms with Gasteiger partial charge in [-0.05, 0) is 24.8 Å². The summed E-state index contributed by atoms with van der Waals surface area (Å²) >= 11 is 0. The summed E-state index contributed by atoms with van der Waals surface area (Å²) in [5, 5.41) is 0. The van der Waals surface area contributed by atoms with Gasteiger partial charge < -0.3 is 14.2 Å².